The summed E-state index contributed by atoms with van der Waals surface area (Å²) >= 11 is 1.45. The van der Waals surface area contributed by atoms with Crippen LogP contribution in [0.4, 0.5) is 4.39 Å². The molecule has 6 heteroatoms. The van der Waals surface area contributed by atoms with E-state index in [1.165, 1.54) is 17.4 Å². The summed E-state index contributed by atoms with van der Waals surface area (Å²) in [5, 5.41) is 0. The molecule has 29 heavy (non-hydrogen) atoms. The monoisotopic (exact) mass is 410 g/mol. The Balaban J connectivity index is 1.69. The number of rotatable bonds is 9. The van der Waals surface area contributed by atoms with Gasteiger partial charge in [0.05, 0.1) is 0 Å². The summed E-state index contributed by atoms with van der Waals surface area (Å²) in [6, 6.07) is 14.3. The van der Waals surface area contributed by atoms with E-state index in [0.717, 1.165) is 21.7 Å². The van der Waals surface area contributed by atoms with Crippen molar-refractivity contribution >= 4 is 23.3 Å². The summed E-state index contributed by atoms with van der Waals surface area (Å²) in [5.74, 6) is -0.318. The van der Waals surface area contributed by atoms with Gasteiger partial charge in [-0.05, 0) is 48.4 Å². The second-order valence-electron chi connectivity index (χ2n) is 6.48. The molecule has 0 aliphatic rings. The number of amides is 1. The molecule has 4 nitrogen and oxygen atoms in total. The average Bonchev–Trinajstić information content (AvgIpc) is 3.21. The molecule has 0 aliphatic carbocycles. The second kappa shape index (κ2) is 10.6. The quantitative estimate of drug-likeness (QED) is 0.367. The van der Waals surface area contributed by atoms with E-state index in [1.807, 2.05) is 30.3 Å². The average molecular weight is 411 g/mol. The third-order valence-electron chi connectivity index (χ3n) is 4.37. The fourth-order valence-electron chi connectivity index (χ4n) is 2.88. The van der Waals surface area contributed by atoms with E-state index in [1.54, 1.807) is 48.7 Å². The van der Waals surface area contributed by atoms with Crippen LogP contribution in [0.15, 0.2) is 67.0 Å². The molecule has 0 fully saturated rings. The maximum Gasteiger partial charge on any atom is 0.246 e. The second-order valence-corrected chi connectivity index (χ2v) is 7.59. The Morgan fingerprint density at radius 3 is 2.72 bits per heavy atom. The highest BCUT2D eigenvalue weighted by Gasteiger charge is 2.12. The van der Waals surface area contributed by atoms with Gasteiger partial charge in [0.1, 0.15) is 5.82 Å². The Hall–Kier alpha value is -2.83. The van der Waals surface area contributed by atoms with Crippen LogP contribution in [-0.2, 0) is 16.1 Å². The maximum absolute atomic E-state index is 14.0. The first-order valence-corrected chi connectivity index (χ1v) is 10.2. The molecule has 150 valence electrons. The van der Waals surface area contributed by atoms with Crippen molar-refractivity contribution in [2.24, 2.45) is 0 Å². The SMILES string of the molecule is COCCCN(Cc1ccncc1)C(=O)C=Cc1ccc(-c2ccccc2F)s1. The van der Waals surface area contributed by atoms with Crippen LogP contribution in [0, 0.1) is 5.82 Å². The standard InChI is InChI=1S/C23H23FN2O2S/c1-28-16-4-15-26(17-18-11-13-25-14-12-18)23(27)10-8-19-7-9-22(29-19)20-5-2-3-6-21(20)24/h2-3,5-14H,4,15-17H2,1H3. The Morgan fingerprint density at radius 1 is 1.17 bits per heavy atom. The molecule has 0 radical (unpaired) electrons. The van der Waals surface area contributed by atoms with Gasteiger partial charge < -0.3 is 9.64 Å². The number of thiophene rings is 1. The van der Waals surface area contributed by atoms with Gasteiger partial charge in [-0.3, -0.25) is 9.78 Å². The van der Waals surface area contributed by atoms with Gasteiger partial charge >= 0.3 is 0 Å². The minimum absolute atomic E-state index is 0.0706. The Bertz CT molecular complexity index is 956. The number of carbonyl (C=O) groups is 1. The first kappa shape index (κ1) is 20.9. The van der Waals surface area contributed by atoms with Gasteiger partial charge in [0.15, 0.2) is 0 Å². The third-order valence-corrected chi connectivity index (χ3v) is 5.45. The number of nitrogens with zero attached hydrogens (tertiary/aromatic N) is 2. The van der Waals surface area contributed by atoms with Crippen LogP contribution in [0.5, 0.6) is 0 Å². The highest BCUT2D eigenvalue weighted by Crippen LogP contribution is 2.30. The molecule has 2 aromatic heterocycles. The molecular formula is C23H23FN2O2S. The van der Waals surface area contributed by atoms with Gasteiger partial charge in [-0.1, -0.05) is 18.2 Å². The third kappa shape index (κ3) is 6.07. The molecule has 1 aromatic carbocycles. The molecular weight excluding hydrogens is 387 g/mol. The fraction of sp³-hybridized carbons (Fsp3) is 0.217. The van der Waals surface area contributed by atoms with Crippen molar-refractivity contribution in [3.8, 4) is 10.4 Å². The normalized spacial score (nSPS) is 11.1. The van der Waals surface area contributed by atoms with E-state index in [9.17, 15) is 9.18 Å². The maximum atomic E-state index is 14.0. The highest BCUT2D eigenvalue weighted by atomic mass is 32.1. The number of pyridine rings is 1. The van der Waals surface area contributed by atoms with Gasteiger partial charge in [0, 0.05) is 60.6 Å². The predicted molar refractivity (Wildman–Crippen MR) is 115 cm³/mol. The van der Waals surface area contributed by atoms with Gasteiger partial charge in [-0.15, -0.1) is 11.3 Å². The van der Waals surface area contributed by atoms with Gasteiger partial charge in [-0.25, -0.2) is 4.39 Å². The summed E-state index contributed by atoms with van der Waals surface area (Å²) in [5.41, 5.74) is 1.60. The van der Waals surface area contributed by atoms with Gasteiger partial charge in [0.25, 0.3) is 0 Å². The van der Waals surface area contributed by atoms with Crippen LogP contribution in [0.25, 0.3) is 16.5 Å². The number of benzene rings is 1. The smallest absolute Gasteiger partial charge is 0.246 e. The lowest BCUT2D eigenvalue weighted by molar-refractivity contribution is -0.126. The molecule has 0 saturated heterocycles. The first-order valence-electron chi connectivity index (χ1n) is 9.37. The molecule has 0 saturated carbocycles. The van der Waals surface area contributed by atoms with Gasteiger partial charge in [-0.2, -0.15) is 0 Å². The van der Waals surface area contributed by atoms with E-state index in [0.29, 0.717) is 25.3 Å². The van der Waals surface area contributed by atoms with Crippen molar-refractivity contribution in [1.82, 2.24) is 9.88 Å². The molecule has 3 aromatic rings. The summed E-state index contributed by atoms with van der Waals surface area (Å²) in [4.78, 5) is 20.3. The predicted octanol–water partition coefficient (Wildman–Crippen LogP) is 5.03. The number of carbonyl (C=O) groups excluding carboxylic acids is 1. The van der Waals surface area contributed by atoms with Crippen LogP contribution in [0.1, 0.15) is 16.9 Å². The number of ether oxygens (including phenoxy) is 1. The van der Waals surface area contributed by atoms with Crippen LogP contribution in [0.2, 0.25) is 0 Å². The van der Waals surface area contributed by atoms with E-state index in [-0.39, 0.29) is 11.7 Å². The van der Waals surface area contributed by atoms with Crippen molar-refractivity contribution in [1.29, 1.82) is 0 Å². The molecule has 0 aliphatic heterocycles. The Kier molecular flexibility index (Phi) is 7.67. The molecule has 0 spiro atoms. The van der Waals surface area contributed by atoms with Crippen molar-refractivity contribution in [3.05, 3.63) is 83.3 Å². The topological polar surface area (TPSA) is 42.4 Å². The number of halogens is 1. The van der Waals surface area contributed by atoms with Crippen LogP contribution < -0.4 is 0 Å². The minimum atomic E-state index is -0.248. The molecule has 2 heterocycles. The molecule has 0 N–H and O–H groups in total. The molecule has 0 bridgehead atoms. The van der Waals surface area contributed by atoms with Crippen molar-refractivity contribution in [2.45, 2.75) is 13.0 Å². The summed E-state index contributed by atoms with van der Waals surface area (Å²) < 4.78 is 19.1. The molecule has 0 atom stereocenters. The summed E-state index contributed by atoms with van der Waals surface area (Å²) in [6.45, 7) is 1.71. The zero-order valence-corrected chi connectivity index (χ0v) is 17.1. The Morgan fingerprint density at radius 2 is 1.97 bits per heavy atom. The van der Waals surface area contributed by atoms with Crippen molar-refractivity contribution in [3.63, 3.8) is 0 Å². The zero-order chi connectivity index (χ0) is 20.5. The Labute approximate surface area is 174 Å². The highest BCUT2D eigenvalue weighted by molar-refractivity contribution is 7.16. The summed E-state index contributed by atoms with van der Waals surface area (Å²) in [7, 11) is 1.65. The molecule has 3 rings (SSSR count). The summed E-state index contributed by atoms with van der Waals surface area (Å²) in [6.07, 6.45) is 7.56. The lowest BCUT2D eigenvalue weighted by atomic mass is 10.2. The van der Waals surface area contributed by atoms with E-state index in [4.69, 9.17) is 4.74 Å². The lowest BCUT2D eigenvalue weighted by Gasteiger charge is -2.21. The van der Waals surface area contributed by atoms with Crippen LogP contribution in [-0.4, -0.2) is 36.1 Å². The van der Waals surface area contributed by atoms with E-state index < -0.39 is 0 Å². The fourth-order valence-corrected chi connectivity index (χ4v) is 3.82. The molecule has 0 unspecified atom stereocenters. The lowest BCUT2D eigenvalue weighted by Crippen LogP contribution is -2.30. The van der Waals surface area contributed by atoms with E-state index in [2.05, 4.69) is 4.98 Å². The first-order chi connectivity index (χ1) is 14.2. The number of aromatic nitrogens is 1. The van der Waals surface area contributed by atoms with Crippen molar-refractivity contribution in [2.75, 3.05) is 20.3 Å². The minimum Gasteiger partial charge on any atom is -0.385 e. The number of methoxy groups -OCH3 is 1. The van der Waals surface area contributed by atoms with Crippen LogP contribution >= 0.6 is 11.3 Å². The largest absolute Gasteiger partial charge is 0.385 e. The van der Waals surface area contributed by atoms with Crippen LogP contribution in [0.3, 0.4) is 0 Å². The van der Waals surface area contributed by atoms with E-state index >= 15 is 0 Å². The number of hydrogen-bond donors (Lipinski definition) is 0. The molecule has 1 amide bonds. The zero-order valence-electron chi connectivity index (χ0n) is 16.3. The van der Waals surface area contributed by atoms with Crippen molar-refractivity contribution < 1.29 is 13.9 Å². The number of hydrogen-bond acceptors (Lipinski definition) is 4. The van der Waals surface area contributed by atoms with Gasteiger partial charge in [0.2, 0.25) is 5.91 Å².